The van der Waals surface area contributed by atoms with Gasteiger partial charge in [0.25, 0.3) is 0 Å². The molecule has 0 amide bonds. The van der Waals surface area contributed by atoms with Crippen molar-refractivity contribution in [1.82, 2.24) is 4.90 Å². The molecule has 0 radical (unpaired) electrons. The minimum absolute atomic E-state index is 0.204. The number of ether oxygens (including phenoxy) is 1. The highest BCUT2D eigenvalue weighted by Crippen LogP contribution is 2.27. The second-order valence-electron chi connectivity index (χ2n) is 5.26. The molecule has 1 aromatic rings. The summed E-state index contributed by atoms with van der Waals surface area (Å²) in [6.45, 7) is 5.27. The van der Waals surface area contributed by atoms with E-state index < -0.39 is 6.10 Å². The van der Waals surface area contributed by atoms with Crippen LogP contribution >= 0.6 is 0 Å². The quantitative estimate of drug-likeness (QED) is 0.788. The summed E-state index contributed by atoms with van der Waals surface area (Å²) in [7, 11) is 3.61. The number of hydrogen-bond donors (Lipinski definition) is 2. The highest BCUT2D eigenvalue weighted by Gasteiger charge is 2.11. The molecule has 0 bridgehead atoms. The van der Waals surface area contributed by atoms with Crippen LogP contribution in [-0.4, -0.2) is 48.5 Å². The highest BCUT2D eigenvalue weighted by atomic mass is 16.5. The molecule has 0 aromatic heterocycles. The van der Waals surface area contributed by atoms with Crippen molar-refractivity contribution < 1.29 is 14.9 Å². The Morgan fingerprint density at radius 3 is 2.53 bits per heavy atom. The Labute approximate surface area is 115 Å². The normalized spacial score (nSPS) is 13.1. The first-order chi connectivity index (χ1) is 8.97. The van der Waals surface area contributed by atoms with Crippen molar-refractivity contribution in [3.63, 3.8) is 0 Å². The molecule has 0 saturated heterocycles. The van der Waals surface area contributed by atoms with Gasteiger partial charge in [0.2, 0.25) is 0 Å². The Morgan fingerprint density at radius 2 is 2.00 bits per heavy atom. The van der Waals surface area contributed by atoms with Crippen LogP contribution in [0.2, 0.25) is 0 Å². The lowest BCUT2D eigenvalue weighted by Crippen LogP contribution is -2.31. The highest BCUT2D eigenvalue weighted by molar-refractivity contribution is 5.39. The molecule has 0 heterocycles. The van der Waals surface area contributed by atoms with Crippen LogP contribution < -0.4 is 4.74 Å². The van der Waals surface area contributed by atoms with Crippen molar-refractivity contribution in [2.75, 3.05) is 27.3 Å². The third-order valence-corrected chi connectivity index (χ3v) is 3.10. The summed E-state index contributed by atoms with van der Waals surface area (Å²) in [6.07, 6.45) is -0.687. The van der Waals surface area contributed by atoms with Crippen LogP contribution in [0.4, 0.5) is 0 Å². The van der Waals surface area contributed by atoms with Gasteiger partial charge in [-0.1, -0.05) is 26.0 Å². The molecule has 4 heteroatoms. The van der Waals surface area contributed by atoms with E-state index in [0.29, 0.717) is 12.5 Å². The van der Waals surface area contributed by atoms with E-state index in [4.69, 9.17) is 9.84 Å². The van der Waals surface area contributed by atoms with Gasteiger partial charge in [0.1, 0.15) is 5.75 Å². The van der Waals surface area contributed by atoms with Gasteiger partial charge in [0.15, 0.2) is 0 Å². The zero-order chi connectivity index (χ0) is 14.4. The largest absolute Gasteiger partial charge is 0.496 e. The van der Waals surface area contributed by atoms with E-state index in [1.54, 1.807) is 7.11 Å². The third kappa shape index (κ3) is 4.82. The molecule has 108 valence electrons. The van der Waals surface area contributed by atoms with Crippen molar-refractivity contribution in [3.8, 4) is 5.75 Å². The number of nitrogens with zero attached hydrogens (tertiary/aromatic N) is 1. The lowest BCUT2D eigenvalue weighted by Gasteiger charge is -2.20. The van der Waals surface area contributed by atoms with Crippen molar-refractivity contribution in [2.45, 2.75) is 32.4 Å². The zero-order valence-corrected chi connectivity index (χ0v) is 12.3. The van der Waals surface area contributed by atoms with E-state index >= 15 is 0 Å². The summed E-state index contributed by atoms with van der Waals surface area (Å²) >= 11 is 0. The smallest absolute Gasteiger partial charge is 0.122 e. The molecule has 19 heavy (non-hydrogen) atoms. The topological polar surface area (TPSA) is 52.9 Å². The van der Waals surface area contributed by atoms with Crippen molar-refractivity contribution in [2.24, 2.45) is 0 Å². The second kappa shape index (κ2) is 7.48. The monoisotopic (exact) mass is 267 g/mol. The van der Waals surface area contributed by atoms with Crippen LogP contribution in [0.5, 0.6) is 5.75 Å². The van der Waals surface area contributed by atoms with Gasteiger partial charge in [-0.05, 0) is 30.2 Å². The van der Waals surface area contributed by atoms with Crippen LogP contribution in [0.15, 0.2) is 18.2 Å². The van der Waals surface area contributed by atoms with Gasteiger partial charge in [-0.2, -0.15) is 0 Å². The fourth-order valence-corrected chi connectivity index (χ4v) is 2.13. The van der Waals surface area contributed by atoms with E-state index in [2.05, 4.69) is 19.9 Å². The van der Waals surface area contributed by atoms with Gasteiger partial charge >= 0.3 is 0 Å². The van der Waals surface area contributed by atoms with Crippen LogP contribution in [-0.2, 0) is 6.54 Å². The fraction of sp³-hybridized carbons (Fsp3) is 0.600. The van der Waals surface area contributed by atoms with Crippen molar-refractivity contribution >= 4 is 0 Å². The minimum Gasteiger partial charge on any atom is -0.496 e. The van der Waals surface area contributed by atoms with E-state index in [0.717, 1.165) is 12.3 Å². The summed E-state index contributed by atoms with van der Waals surface area (Å²) in [4.78, 5) is 1.99. The van der Waals surface area contributed by atoms with E-state index in [1.807, 2.05) is 24.1 Å². The average Bonchev–Trinajstić information content (AvgIpc) is 2.38. The fourth-order valence-electron chi connectivity index (χ4n) is 2.13. The number of hydrogen-bond acceptors (Lipinski definition) is 4. The van der Waals surface area contributed by atoms with Gasteiger partial charge in [0.05, 0.1) is 19.8 Å². The summed E-state index contributed by atoms with van der Waals surface area (Å²) in [5.41, 5.74) is 2.37. The number of benzene rings is 1. The Bertz CT molecular complexity index is 393. The van der Waals surface area contributed by atoms with Gasteiger partial charge in [-0.25, -0.2) is 0 Å². The molecular formula is C15H25NO3. The number of methoxy groups -OCH3 is 1. The Morgan fingerprint density at radius 1 is 1.32 bits per heavy atom. The van der Waals surface area contributed by atoms with E-state index in [-0.39, 0.29) is 6.61 Å². The second-order valence-corrected chi connectivity index (χ2v) is 5.26. The zero-order valence-electron chi connectivity index (χ0n) is 12.3. The molecule has 1 unspecified atom stereocenters. The number of aliphatic hydroxyl groups excluding tert-OH is 2. The summed E-state index contributed by atoms with van der Waals surface area (Å²) in [6, 6.07) is 6.17. The van der Waals surface area contributed by atoms with Crippen molar-refractivity contribution in [3.05, 3.63) is 29.3 Å². The Kier molecular flexibility index (Phi) is 6.28. The molecule has 0 aliphatic heterocycles. The standard InChI is InChI=1S/C15H25NO3/c1-11(2)14-7-12(5-6-15(14)19-4)8-16(3)9-13(18)10-17/h5-7,11,13,17-18H,8-10H2,1-4H3. The van der Waals surface area contributed by atoms with Crippen LogP contribution in [0.1, 0.15) is 30.9 Å². The minimum atomic E-state index is -0.687. The molecule has 0 aliphatic carbocycles. The maximum atomic E-state index is 9.42. The molecule has 4 nitrogen and oxygen atoms in total. The van der Waals surface area contributed by atoms with E-state index in [1.165, 1.54) is 11.1 Å². The summed E-state index contributed by atoms with van der Waals surface area (Å²) in [5, 5.41) is 18.3. The van der Waals surface area contributed by atoms with Gasteiger partial charge in [0, 0.05) is 13.1 Å². The number of likely N-dealkylation sites (N-methyl/N-ethyl adjacent to an activating group) is 1. The van der Waals surface area contributed by atoms with Crippen molar-refractivity contribution in [1.29, 1.82) is 0 Å². The maximum absolute atomic E-state index is 9.42. The Hall–Kier alpha value is -1.10. The van der Waals surface area contributed by atoms with Gasteiger partial charge in [-0.3, -0.25) is 4.90 Å². The first-order valence-electron chi connectivity index (χ1n) is 6.62. The number of aliphatic hydroxyl groups is 2. The first kappa shape index (κ1) is 16.0. The SMILES string of the molecule is COc1ccc(CN(C)CC(O)CO)cc1C(C)C. The van der Waals surface area contributed by atoms with Gasteiger partial charge < -0.3 is 14.9 Å². The lowest BCUT2D eigenvalue weighted by molar-refractivity contribution is 0.0648. The molecule has 0 fully saturated rings. The van der Waals surface area contributed by atoms with Crippen LogP contribution in [0, 0.1) is 0 Å². The van der Waals surface area contributed by atoms with Gasteiger partial charge in [-0.15, -0.1) is 0 Å². The summed E-state index contributed by atoms with van der Waals surface area (Å²) in [5.74, 6) is 1.32. The molecular weight excluding hydrogens is 242 g/mol. The third-order valence-electron chi connectivity index (χ3n) is 3.10. The van der Waals surface area contributed by atoms with Crippen LogP contribution in [0.25, 0.3) is 0 Å². The maximum Gasteiger partial charge on any atom is 0.122 e. The first-order valence-corrected chi connectivity index (χ1v) is 6.62. The molecule has 0 aliphatic rings. The molecule has 1 aromatic carbocycles. The summed E-state index contributed by atoms with van der Waals surface area (Å²) < 4.78 is 5.36. The lowest BCUT2D eigenvalue weighted by atomic mass is 9.99. The van der Waals surface area contributed by atoms with Crippen LogP contribution in [0.3, 0.4) is 0 Å². The predicted octanol–water partition coefficient (Wildman–Crippen LogP) is 1.60. The molecule has 0 spiro atoms. The number of rotatable bonds is 7. The average molecular weight is 267 g/mol. The molecule has 1 rings (SSSR count). The van der Waals surface area contributed by atoms with E-state index in [9.17, 15) is 5.11 Å². The molecule has 1 atom stereocenters. The molecule has 2 N–H and O–H groups in total. The molecule has 0 saturated carbocycles. The predicted molar refractivity (Wildman–Crippen MR) is 76.5 cm³/mol. The Balaban J connectivity index is 2.76.